The molecule has 1 saturated heterocycles. The Hall–Kier alpha value is -1.88. The molecule has 3 aliphatic rings. The van der Waals surface area contributed by atoms with Gasteiger partial charge in [0.15, 0.2) is 0 Å². The van der Waals surface area contributed by atoms with Gasteiger partial charge in [-0.05, 0) is 50.2 Å². The molecule has 4 rings (SSSR count). The summed E-state index contributed by atoms with van der Waals surface area (Å²) in [6, 6.07) is 8.57. The van der Waals surface area contributed by atoms with Crippen LogP contribution < -0.4 is 0 Å². The third-order valence-electron chi connectivity index (χ3n) is 6.04. The standard InChI is InChI=1S/C21H29N3O2/c1-2-24(18-9-10-18)20(25)15-23-14-17-8-4-3-7-16(17)13-19(23)21(26)22-11-5-6-12-22/h3-4,7-8,18-19H,2,5-6,9-15H2,1H3/t19-/m1/s1. The van der Waals surface area contributed by atoms with E-state index in [1.54, 1.807) is 0 Å². The van der Waals surface area contributed by atoms with E-state index in [4.69, 9.17) is 0 Å². The predicted octanol–water partition coefficient (Wildman–Crippen LogP) is 2.05. The van der Waals surface area contributed by atoms with Crippen LogP contribution in [0.1, 0.15) is 43.7 Å². The van der Waals surface area contributed by atoms with Crippen LogP contribution in [0.4, 0.5) is 0 Å². The second kappa shape index (κ2) is 7.39. The van der Waals surface area contributed by atoms with Gasteiger partial charge in [-0.2, -0.15) is 0 Å². The molecule has 2 amide bonds. The van der Waals surface area contributed by atoms with Gasteiger partial charge in [-0.15, -0.1) is 0 Å². The second-order valence-corrected chi connectivity index (χ2v) is 7.84. The number of hydrogen-bond acceptors (Lipinski definition) is 3. The van der Waals surface area contributed by atoms with E-state index in [-0.39, 0.29) is 17.9 Å². The molecule has 1 saturated carbocycles. The lowest BCUT2D eigenvalue weighted by molar-refractivity contribution is -0.140. The van der Waals surface area contributed by atoms with Crippen molar-refractivity contribution in [1.82, 2.24) is 14.7 Å². The van der Waals surface area contributed by atoms with Gasteiger partial charge in [0.25, 0.3) is 0 Å². The van der Waals surface area contributed by atoms with Crippen molar-refractivity contribution in [3.8, 4) is 0 Å². The number of hydrogen-bond donors (Lipinski definition) is 0. The van der Waals surface area contributed by atoms with Crippen molar-refractivity contribution in [2.24, 2.45) is 0 Å². The molecule has 0 radical (unpaired) electrons. The largest absolute Gasteiger partial charge is 0.341 e. The van der Waals surface area contributed by atoms with E-state index < -0.39 is 0 Å². The molecule has 26 heavy (non-hydrogen) atoms. The molecular weight excluding hydrogens is 326 g/mol. The maximum atomic E-state index is 13.1. The first kappa shape index (κ1) is 17.5. The molecule has 0 spiro atoms. The fraction of sp³-hybridized carbons (Fsp3) is 0.619. The highest BCUT2D eigenvalue weighted by molar-refractivity contribution is 5.85. The summed E-state index contributed by atoms with van der Waals surface area (Å²) in [5.41, 5.74) is 2.50. The number of carbonyl (C=O) groups is 2. The molecule has 0 N–H and O–H groups in total. The zero-order chi connectivity index (χ0) is 18.1. The van der Waals surface area contributed by atoms with Crippen molar-refractivity contribution >= 4 is 11.8 Å². The number of amides is 2. The van der Waals surface area contributed by atoms with Crippen LogP contribution in [0.2, 0.25) is 0 Å². The van der Waals surface area contributed by atoms with Crippen LogP contribution in [0, 0.1) is 0 Å². The number of carbonyl (C=O) groups excluding carboxylic acids is 2. The van der Waals surface area contributed by atoms with E-state index in [0.717, 1.165) is 45.3 Å². The van der Waals surface area contributed by atoms with Gasteiger partial charge in [0.2, 0.25) is 11.8 Å². The lowest BCUT2D eigenvalue weighted by Crippen LogP contribution is -2.54. The van der Waals surface area contributed by atoms with Crippen molar-refractivity contribution in [2.75, 3.05) is 26.2 Å². The summed E-state index contributed by atoms with van der Waals surface area (Å²) in [6.45, 7) is 5.58. The molecule has 2 fully saturated rings. The van der Waals surface area contributed by atoms with E-state index in [0.29, 0.717) is 25.6 Å². The minimum atomic E-state index is -0.204. The minimum Gasteiger partial charge on any atom is -0.341 e. The highest BCUT2D eigenvalue weighted by Gasteiger charge is 2.38. The average molecular weight is 355 g/mol. The number of benzene rings is 1. The summed E-state index contributed by atoms with van der Waals surface area (Å²) >= 11 is 0. The summed E-state index contributed by atoms with van der Waals surface area (Å²) in [6.07, 6.45) is 5.16. The van der Waals surface area contributed by atoms with Crippen molar-refractivity contribution in [3.05, 3.63) is 35.4 Å². The molecule has 140 valence electrons. The molecule has 0 aromatic heterocycles. The second-order valence-electron chi connectivity index (χ2n) is 7.84. The zero-order valence-electron chi connectivity index (χ0n) is 15.7. The Labute approximate surface area is 155 Å². The van der Waals surface area contributed by atoms with E-state index in [1.165, 1.54) is 11.1 Å². The Morgan fingerprint density at radius 1 is 1.12 bits per heavy atom. The van der Waals surface area contributed by atoms with Crippen LogP contribution in [0.15, 0.2) is 24.3 Å². The smallest absolute Gasteiger partial charge is 0.240 e. The topological polar surface area (TPSA) is 43.9 Å². The maximum Gasteiger partial charge on any atom is 0.240 e. The predicted molar refractivity (Wildman–Crippen MR) is 101 cm³/mol. The van der Waals surface area contributed by atoms with Gasteiger partial charge in [0, 0.05) is 32.2 Å². The number of rotatable bonds is 5. The quantitative estimate of drug-likeness (QED) is 0.812. The van der Waals surface area contributed by atoms with Crippen LogP contribution >= 0.6 is 0 Å². The molecule has 0 bridgehead atoms. The third-order valence-corrected chi connectivity index (χ3v) is 6.04. The van der Waals surface area contributed by atoms with Crippen molar-refractivity contribution < 1.29 is 9.59 Å². The van der Waals surface area contributed by atoms with Gasteiger partial charge in [-0.3, -0.25) is 14.5 Å². The highest BCUT2D eigenvalue weighted by Crippen LogP contribution is 2.29. The van der Waals surface area contributed by atoms with Crippen LogP contribution in [-0.2, 0) is 22.6 Å². The van der Waals surface area contributed by atoms with Gasteiger partial charge < -0.3 is 9.80 Å². The third kappa shape index (κ3) is 3.50. The summed E-state index contributed by atoms with van der Waals surface area (Å²) in [5.74, 6) is 0.382. The van der Waals surface area contributed by atoms with Crippen molar-refractivity contribution in [1.29, 1.82) is 0 Å². The molecule has 5 heteroatoms. The Balaban J connectivity index is 1.54. The van der Waals surface area contributed by atoms with Crippen molar-refractivity contribution in [2.45, 2.75) is 57.7 Å². The molecule has 2 heterocycles. The summed E-state index contributed by atoms with van der Waals surface area (Å²) in [7, 11) is 0. The summed E-state index contributed by atoms with van der Waals surface area (Å²) in [4.78, 5) is 32.1. The first-order valence-electron chi connectivity index (χ1n) is 10.1. The van der Waals surface area contributed by atoms with Gasteiger partial charge in [0.1, 0.15) is 0 Å². The van der Waals surface area contributed by atoms with Crippen LogP contribution in [0.25, 0.3) is 0 Å². The molecular formula is C21H29N3O2. The van der Waals surface area contributed by atoms with Gasteiger partial charge >= 0.3 is 0 Å². The Morgan fingerprint density at radius 3 is 2.46 bits per heavy atom. The first-order chi connectivity index (χ1) is 12.7. The number of fused-ring (bicyclic) bond motifs is 1. The molecule has 0 unspecified atom stereocenters. The fourth-order valence-electron chi connectivity index (χ4n) is 4.42. The van der Waals surface area contributed by atoms with E-state index >= 15 is 0 Å². The molecule has 1 aromatic carbocycles. The molecule has 1 aromatic rings. The first-order valence-corrected chi connectivity index (χ1v) is 10.1. The summed E-state index contributed by atoms with van der Waals surface area (Å²) < 4.78 is 0. The van der Waals surface area contributed by atoms with Gasteiger partial charge in [-0.1, -0.05) is 24.3 Å². The van der Waals surface area contributed by atoms with Gasteiger partial charge in [-0.25, -0.2) is 0 Å². The maximum absolute atomic E-state index is 13.1. The summed E-state index contributed by atoms with van der Waals surface area (Å²) in [5, 5.41) is 0. The van der Waals surface area contributed by atoms with E-state index in [2.05, 4.69) is 24.0 Å². The van der Waals surface area contributed by atoms with Crippen LogP contribution in [0.5, 0.6) is 0 Å². The van der Waals surface area contributed by atoms with Crippen LogP contribution in [0.3, 0.4) is 0 Å². The Morgan fingerprint density at radius 2 is 1.81 bits per heavy atom. The lowest BCUT2D eigenvalue weighted by atomic mass is 9.93. The number of likely N-dealkylation sites (tertiary alicyclic amines) is 1. The molecule has 1 atom stereocenters. The van der Waals surface area contributed by atoms with Gasteiger partial charge in [0.05, 0.1) is 12.6 Å². The molecule has 1 aliphatic carbocycles. The minimum absolute atomic E-state index is 0.175. The highest BCUT2D eigenvalue weighted by atomic mass is 16.2. The number of likely N-dealkylation sites (N-methyl/N-ethyl adjacent to an activating group) is 1. The Kier molecular flexibility index (Phi) is 4.98. The van der Waals surface area contributed by atoms with Crippen molar-refractivity contribution in [3.63, 3.8) is 0 Å². The SMILES string of the molecule is CCN(C(=O)CN1Cc2ccccc2C[C@@H]1C(=O)N1CCCC1)C1CC1. The average Bonchev–Trinajstić information content (AvgIpc) is 3.33. The van der Waals surface area contributed by atoms with Crippen LogP contribution in [-0.4, -0.2) is 64.8 Å². The molecule has 2 aliphatic heterocycles. The van der Waals surface area contributed by atoms with E-state index in [9.17, 15) is 9.59 Å². The fourth-order valence-corrected chi connectivity index (χ4v) is 4.42. The molecule has 5 nitrogen and oxygen atoms in total. The lowest BCUT2D eigenvalue weighted by Gasteiger charge is -2.38. The van der Waals surface area contributed by atoms with E-state index in [1.807, 2.05) is 21.9 Å². The monoisotopic (exact) mass is 355 g/mol. The number of nitrogens with zero attached hydrogens (tertiary/aromatic N) is 3. The zero-order valence-corrected chi connectivity index (χ0v) is 15.7. The Bertz CT molecular complexity index is 680. The normalized spacial score (nSPS) is 23.0.